The monoisotopic (exact) mass is 435 g/mol. The van der Waals surface area contributed by atoms with E-state index in [4.69, 9.17) is 4.74 Å². The van der Waals surface area contributed by atoms with E-state index in [0.717, 1.165) is 24.3 Å². The van der Waals surface area contributed by atoms with Gasteiger partial charge in [0.15, 0.2) is 11.6 Å². The Balaban J connectivity index is 1.79. The smallest absolute Gasteiger partial charge is 0.168 e. The van der Waals surface area contributed by atoms with E-state index < -0.39 is 0 Å². The fourth-order valence-electron chi connectivity index (χ4n) is 5.18. The minimum absolute atomic E-state index is 0.246. The van der Waals surface area contributed by atoms with Crippen molar-refractivity contribution in [3.8, 4) is 22.9 Å². The van der Waals surface area contributed by atoms with Crippen LogP contribution in [0.15, 0.2) is 30.3 Å². The molecule has 1 saturated carbocycles. The molecule has 1 fully saturated rings. The second-order valence-corrected chi connectivity index (χ2v) is 9.35. The lowest BCUT2D eigenvalue weighted by atomic mass is 9.76. The van der Waals surface area contributed by atoms with Crippen molar-refractivity contribution >= 4 is 0 Å². The summed E-state index contributed by atoms with van der Waals surface area (Å²) < 4.78 is 20.6. The third-order valence-corrected chi connectivity index (χ3v) is 7.17. The van der Waals surface area contributed by atoms with Crippen molar-refractivity contribution in [3.05, 3.63) is 52.8 Å². The van der Waals surface area contributed by atoms with E-state index >= 15 is 4.39 Å². The van der Waals surface area contributed by atoms with Crippen LogP contribution in [0.2, 0.25) is 0 Å². The number of ether oxygens (including phenoxy) is 1. The lowest BCUT2D eigenvalue weighted by molar-refractivity contribution is 0.303. The maximum Gasteiger partial charge on any atom is 0.168 e. The summed E-state index contributed by atoms with van der Waals surface area (Å²) in [6, 6.07) is 12.3. The number of aryl methyl sites for hydroxylation is 1. The average molecular weight is 436 g/mol. The van der Waals surface area contributed by atoms with Crippen LogP contribution >= 0.6 is 0 Å². The number of rotatable bonds is 10. The number of nitriles is 1. The molecule has 0 unspecified atom stereocenters. The van der Waals surface area contributed by atoms with E-state index in [-0.39, 0.29) is 11.6 Å². The Labute approximate surface area is 193 Å². The largest absolute Gasteiger partial charge is 0.493 e. The van der Waals surface area contributed by atoms with Gasteiger partial charge in [-0.15, -0.1) is 0 Å². The summed E-state index contributed by atoms with van der Waals surface area (Å²) in [6.07, 6.45) is 13.0. The molecule has 3 rings (SSSR count). The molecule has 2 nitrogen and oxygen atoms in total. The zero-order chi connectivity index (χ0) is 22.9. The summed E-state index contributed by atoms with van der Waals surface area (Å²) in [5, 5.41) is 9.88. The maximum atomic E-state index is 15.1. The number of nitrogens with zero attached hydrogens (tertiary/aromatic N) is 1. The van der Waals surface area contributed by atoms with Crippen molar-refractivity contribution in [2.45, 2.75) is 90.4 Å². The van der Waals surface area contributed by atoms with Crippen molar-refractivity contribution < 1.29 is 9.13 Å². The zero-order valence-corrected chi connectivity index (χ0v) is 20.1. The highest BCUT2D eigenvalue weighted by atomic mass is 19.1. The Hall–Kier alpha value is -2.34. The van der Waals surface area contributed by atoms with Crippen LogP contribution in [0.4, 0.5) is 4.39 Å². The highest BCUT2D eigenvalue weighted by molar-refractivity contribution is 5.77. The van der Waals surface area contributed by atoms with Gasteiger partial charge in [0.2, 0.25) is 0 Å². The molecule has 3 heteroatoms. The van der Waals surface area contributed by atoms with Crippen molar-refractivity contribution in [1.29, 1.82) is 5.26 Å². The molecule has 1 aliphatic rings. The molecule has 0 radical (unpaired) electrons. The van der Waals surface area contributed by atoms with Crippen molar-refractivity contribution in [3.63, 3.8) is 0 Å². The van der Waals surface area contributed by atoms with Crippen LogP contribution in [-0.4, -0.2) is 7.11 Å². The summed E-state index contributed by atoms with van der Waals surface area (Å²) in [6.45, 7) is 4.36. The molecule has 1 aliphatic carbocycles. The number of unbranched alkanes of at least 4 members (excludes halogenated alkanes) is 3. The van der Waals surface area contributed by atoms with Gasteiger partial charge < -0.3 is 4.74 Å². The van der Waals surface area contributed by atoms with E-state index in [2.05, 4.69) is 26.0 Å². The van der Waals surface area contributed by atoms with E-state index in [1.165, 1.54) is 64.0 Å². The summed E-state index contributed by atoms with van der Waals surface area (Å²) in [5.74, 6) is 1.34. The minimum atomic E-state index is -0.298. The van der Waals surface area contributed by atoms with Crippen molar-refractivity contribution in [2.75, 3.05) is 7.11 Å². The molecule has 0 bridgehead atoms. The van der Waals surface area contributed by atoms with Gasteiger partial charge in [0.25, 0.3) is 0 Å². The van der Waals surface area contributed by atoms with E-state index in [1.54, 1.807) is 0 Å². The van der Waals surface area contributed by atoms with E-state index in [9.17, 15) is 5.26 Å². The molecule has 32 heavy (non-hydrogen) atoms. The molecule has 0 aliphatic heterocycles. The third kappa shape index (κ3) is 5.71. The fourth-order valence-corrected chi connectivity index (χ4v) is 5.18. The van der Waals surface area contributed by atoms with Gasteiger partial charge in [0.05, 0.1) is 18.7 Å². The number of halogens is 1. The number of benzene rings is 2. The standard InChI is InChI=1S/C29H38FNO/c1-4-6-8-9-21-11-13-22(14-12-21)24-16-17-26(25(19-24)20-31)27-18-15-23(10-7-5-2)28(30)29(27)32-3/h15-19,21-22H,4-14H2,1-3H3. The van der Waals surface area contributed by atoms with Gasteiger partial charge in [-0.2, -0.15) is 5.26 Å². The van der Waals surface area contributed by atoms with Crippen LogP contribution in [0.3, 0.4) is 0 Å². The molecule has 0 atom stereocenters. The van der Waals surface area contributed by atoms with Gasteiger partial charge >= 0.3 is 0 Å². The number of hydrogen-bond acceptors (Lipinski definition) is 2. The fraction of sp³-hybridized carbons (Fsp3) is 0.552. The Morgan fingerprint density at radius 3 is 2.34 bits per heavy atom. The normalized spacial score (nSPS) is 18.3. The second-order valence-electron chi connectivity index (χ2n) is 9.35. The summed E-state index contributed by atoms with van der Waals surface area (Å²) in [7, 11) is 1.50. The first-order valence-electron chi connectivity index (χ1n) is 12.5. The van der Waals surface area contributed by atoms with Crippen LogP contribution in [0.25, 0.3) is 11.1 Å². The van der Waals surface area contributed by atoms with Crippen LogP contribution in [-0.2, 0) is 6.42 Å². The second kappa shape index (κ2) is 12.0. The van der Waals surface area contributed by atoms with Crippen LogP contribution in [0.5, 0.6) is 5.75 Å². The van der Waals surface area contributed by atoms with Gasteiger partial charge in [-0.25, -0.2) is 4.39 Å². The van der Waals surface area contributed by atoms with Crippen LogP contribution in [0, 0.1) is 23.1 Å². The third-order valence-electron chi connectivity index (χ3n) is 7.17. The lowest BCUT2D eigenvalue weighted by Crippen LogP contribution is -2.13. The lowest BCUT2D eigenvalue weighted by Gasteiger charge is -2.29. The van der Waals surface area contributed by atoms with Gasteiger partial charge in [-0.05, 0) is 67.6 Å². The Kier molecular flexibility index (Phi) is 9.15. The predicted octanol–water partition coefficient (Wildman–Crippen LogP) is 8.57. The molecule has 0 spiro atoms. The SMILES string of the molecule is CCCCCC1CCC(c2ccc(-c3ccc(CCCC)c(F)c3OC)c(C#N)c2)CC1. The van der Waals surface area contributed by atoms with E-state index in [1.807, 2.05) is 24.3 Å². The van der Waals surface area contributed by atoms with Crippen molar-refractivity contribution in [1.82, 2.24) is 0 Å². The Morgan fingerprint density at radius 2 is 1.69 bits per heavy atom. The first-order valence-corrected chi connectivity index (χ1v) is 12.5. The highest BCUT2D eigenvalue weighted by Crippen LogP contribution is 2.41. The molecule has 0 N–H and O–H groups in total. The zero-order valence-electron chi connectivity index (χ0n) is 20.1. The minimum Gasteiger partial charge on any atom is -0.493 e. The molecule has 0 saturated heterocycles. The molecule has 0 heterocycles. The number of methoxy groups -OCH3 is 1. The quantitative estimate of drug-likeness (QED) is 0.350. The van der Waals surface area contributed by atoms with Gasteiger partial charge in [0.1, 0.15) is 0 Å². The average Bonchev–Trinajstić information content (AvgIpc) is 2.83. The first-order chi connectivity index (χ1) is 15.6. The number of hydrogen-bond donors (Lipinski definition) is 0. The summed E-state index contributed by atoms with van der Waals surface area (Å²) >= 11 is 0. The summed E-state index contributed by atoms with van der Waals surface area (Å²) in [4.78, 5) is 0. The maximum absolute atomic E-state index is 15.1. The molecule has 2 aromatic rings. The Morgan fingerprint density at radius 1 is 0.969 bits per heavy atom. The Bertz CT molecular complexity index is 921. The van der Waals surface area contributed by atoms with Crippen molar-refractivity contribution in [2.24, 2.45) is 5.92 Å². The van der Waals surface area contributed by atoms with Gasteiger partial charge in [-0.3, -0.25) is 0 Å². The first kappa shape index (κ1) is 24.3. The molecular weight excluding hydrogens is 397 g/mol. The van der Waals surface area contributed by atoms with Crippen LogP contribution in [0.1, 0.15) is 101 Å². The molecule has 2 aromatic carbocycles. The highest BCUT2D eigenvalue weighted by Gasteiger charge is 2.24. The van der Waals surface area contributed by atoms with E-state index in [0.29, 0.717) is 29.0 Å². The predicted molar refractivity (Wildman–Crippen MR) is 131 cm³/mol. The summed E-state index contributed by atoms with van der Waals surface area (Å²) in [5.41, 5.74) is 3.94. The molecule has 0 amide bonds. The van der Waals surface area contributed by atoms with Gasteiger partial charge in [0, 0.05) is 11.1 Å². The molecule has 0 aromatic heterocycles. The topological polar surface area (TPSA) is 33.0 Å². The molecular formula is C29H38FNO. The molecule has 172 valence electrons. The van der Waals surface area contributed by atoms with Gasteiger partial charge in [-0.1, -0.05) is 70.2 Å². The van der Waals surface area contributed by atoms with Crippen LogP contribution < -0.4 is 4.74 Å².